The van der Waals surface area contributed by atoms with E-state index in [1.54, 1.807) is 25.1 Å². The Kier molecular flexibility index (Phi) is 7.09. The molecule has 2 aromatic rings. The highest BCUT2D eigenvalue weighted by molar-refractivity contribution is 5.88. The van der Waals surface area contributed by atoms with Crippen LogP contribution in [-0.2, 0) is 22.6 Å². The number of carbonyl (C=O) groups excluding carboxylic acids is 2. The van der Waals surface area contributed by atoms with Crippen LogP contribution in [0.15, 0.2) is 67.3 Å². The van der Waals surface area contributed by atoms with Crippen LogP contribution in [0.2, 0.25) is 0 Å². The molecule has 0 saturated heterocycles. The highest BCUT2D eigenvalue weighted by atomic mass is 19.1. The predicted octanol–water partition coefficient (Wildman–Crippen LogP) is 3.09. The van der Waals surface area contributed by atoms with Crippen molar-refractivity contribution in [3.05, 3.63) is 84.2 Å². The summed E-state index contributed by atoms with van der Waals surface area (Å²) in [5.41, 5.74) is 1.64. The molecule has 4 nitrogen and oxygen atoms in total. The number of nitrogens with zero attached hydrogens (tertiary/aromatic N) is 1. The first-order valence-corrected chi connectivity index (χ1v) is 8.47. The van der Waals surface area contributed by atoms with Gasteiger partial charge in [0.1, 0.15) is 11.9 Å². The molecule has 0 radical (unpaired) electrons. The van der Waals surface area contributed by atoms with Crippen molar-refractivity contribution in [2.45, 2.75) is 25.9 Å². The summed E-state index contributed by atoms with van der Waals surface area (Å²) in [4.78, 5) is 26.7. The number of hydrogen-bond acceptors (Lipinski definition) is 2. The third-order valence-electron chi connectivity index (χ3n) is 4.05. The molecule has 136 valence electrons. The number of halogens is 1. The first-order chi connectivity index (χ1) is 12.5. The SMILES string of the molecule is C=CCNC(=O)[C@@H](C)N(Cc1ccc(F)cc1)C(=O)Cc1ccccc1. The van der Waals surface area contributed by atoms with Gasteiger partial charge in [0.15, 0.2) is 0 Å². The van der Waals surface area contributed by atoms with Crippen LogP contribution in [0.1, 0.15) is 18.1 Å². The Labute approximate surface area is 153 Å². The molecule has 2 amide bonds. The van der Waals surface area contributed by atoms with E-state index in [0.717, 1.165) is 11.1 Å². The van der Waals surface area contributed by atoms with Crippen molar-refractivity contribution in [1.29, 1.82) is 0 Å². The highest BCUT2D eigenvalue weighted by Gasteiger charge is 2.25. The van der Waals surface area contributed by atoms with E-state index < -0.39 is 6.04 Å². The molecule has 0 spiro atoms. The van der Waals surface area contributed by atoms with Crippen LogP contribution in [0.5, 0.6) is 0 Å². The molecule has 1 N–H and O–H groups in total. The molecular weight excluding hydrogens is 331 g/mol. The number of rotatable bonds is 8. The van der Waals surface area contributed by atoms with E-state index in [4.69, 9.17) is 0 Å². The molecule has 5 heteroatoms. The summed E-state index contributed by atoms with van der Waals surface area (Å²) in [6, 6.07) is 14.6. The average Bonchev–Trinajstić information content (AvgIpc) is 2.65. The summed E-state index contributed by atoms with van der Waals surface area (Å²) in [6.45, 7) is 5.82. The lowest BCUT2D eigenvalue weighted by atomic mass is 10.1. The average molecular weight is 354 g/mol. The van der Waals surface area contributed by atoms with Gasteiger partial charge in [-0.1, -0.05) is 48.5 Å². The Morgan fingerprint density at radius 3 is 2.38 bits per heavy atom. The molecule has 0 unspecified atom stereocenters. The van der Waals surface area contributed by atoms with Gasteiger partial charge in [0.2, 0.25) is 11.8 Å². The molecule has 26 heavy (non-hydrogen) atoms. The summed E-state index contributed by atoms with van der Waals surface area (Å²) in [6.07, 6.45) is 1.78. The quantitative estimate of drug-likeness (QED) is 0.741. The number of carbonyl (C=O) groups is 2. The number of hydrogen-bond donors (Lipinski definition) is 1. The number of benzene rings is 2. The molecule has 0 aliphatic heterocycles. The lowest BCUT2D eigenvalue weighted by molar-refractivity contribution is -0.140. The van der Waals surface area contributed by atoms with Crippen LogP contribution in [0, 0.1) is 5.82 Å². The van der Waals surface area contributed by atoms with Crippen LogP contribution >= 0.6 is 0 Å². The van der Waals surface area contributed by atoms with Crippen molar-refractivity contribution in [3.63, 3.8) is 0 Å². The van der Waals surface area contributed by atoms with Gasteiger partial charge in [0.25, 0.3) is 0 Å². The smallest absolute Gasteiger partial charge is 0.242 e. The Balaban J connectivity index is 2.18. The fraction of sp³-hybridized carbons (Fsp3) is 0.238. The zero-order valence-electron chi connectivity index (χ0n) is 14.8. The van der Waals surface area contributed by atoms with Gasteiger partial charge in [0, 0.05) is 13.1 Å². The minimum absolute atomic E-state index is 0.165. The van der Waals surface area contributed by atoms with Gasteiger partial charge < -0.3 is 10.2 Å². The van der Waals surface area contributed by atoms with Gasteiger partial charge in [0.05, 0.1) is 6.42 Å². The Morgan fingerprint density at radius 2 is 1.77 bits per heavy atom. The summed E-state index contributed by atoms with van der Waals surface area (Å²) in [7, 11) is 0. The van der Waals surface area contributed by atoms with Crippen molar-refractivity contribution in [3.8, 4) is 0 Å². The van der Waals surface area contributed by atoms with Crippen LogP contribution in [0.25, 0.3) is 0 Å². The molecular formula is C21H23FN2O2. The van der Waals surface area contributed by atoms with E-state index in [1.165, 1.54) is 17.0 Å². The van der Waals surface area contributed by atoms with Crippen LogP contribution in [0.3, 0.4) is 0 Å². The minimum Gasteiger partial charge on any atom is -0.351 e. The monoisotopic (exact) mass is 354 g/mol. The summed E-state index contributed by atoms with van der Waals surface area (Å²) in [5, 5.41) is 2.72. The second-order valence-electron chi connectivity index (χ2n) is 6.02. The van der Waals surface area contributed by atoms with Gasteiger partial charge >= 0.3 is 0 Å². The van der Waals surface area contributed by atoms with Crippen molar-refractivity contribution in [2.24, 2.45) is 0 Å². The maximum absolute atomic E-state index is 13.1. The number of nitrogens with one attached hydrogen (secondary N) is 1. The first kappa shape index (κ1) is 19.4. The van der Waals surface area contributed by atoms with E-state index >= 15 is 0 Å². The lowest BCUT2D eigenvalue weighted by Gasteiger charge is -2.29. The van der Waals surface area contributed by atoms with Crippen molar-refractivity contribution < 1.29 is 14.0 Å². The maximum atomic E-state index is 13.1. The molecule has 0 heterocycles. The van der Waals surface area contributed by atoms with Crippen molar-refractivity contribution in [1.82, 2.24) is 10.2 Å². The third kappa shape index (κ3) is 5.55. The predicted molar refractivity (Wildman–Crippen MR) is 99.8 cm³/mol. The zero-order chi connectivity index (χ0) is 18.9. The lowest BCUT2D eigenvalue weighted by Crippen LogP contribution is -2.48. The standard InChI is InChI=1S/C21H23FN2O2/c1-3-13-23-21(26)16(2)24(15-18-9-11-19(22)12-10-18)20(25)14-17-7-5-4-6-8-17/h3-12,16H,1,13-15H2,2H3,(H,23,26)/t16-/m1/s1. The van der Waals surface area contributed by atoms with Gasteiger partial charge in [-0.3, -0.25) is 9.59 Å². The van der Waals surface area contributed by atoms with E-state index in [0.29, 0.717) is 6.54 Å². The molecule has 0 saturated carbocycles. The van der Waals surface area contributed by atoms with E-state index in [1.807, 2.05) is 30.3 Å². The minimum atomic E-state index is -0.656. The van der Waals surface area contributed by atoms with Crippen LogP contribution in [0.4, 0.5) is 4.39 Å². The van der Waals surface area contributed by atoms with Gasteiger partial charge in [-0.2, -0.15) is 0 Å². The van der Waals surface area contributed by atoms with E-state index in [2.05, 4.69) is 11.9 Å². The second-order valence-corrected chi connectivity index (χ2v) is 6.02. The maximum Gasteiger partial charge on any atom is 0.242 e. The summed E-state index contributed by atoms with van der Waals surface area (Å²) >= 11 is 0. The fourth-order valence-corrected chi connectivity index (χ4v) is 2.56. The molecule has 0 aromatic heterocycles. The largest absolute Gasteiger partial charge is 0.351 e. The first-order valence-electron chi connectivity index (χ1n) is 8.47. The topological polar surface area (TPSA) is 49.4 Å². The molecule has 0 bridgehead atoms. The molecule has 2 rings (SSSR count). The Bertz CT molecular complexity index is 744. The summed E-state index contributed by atoms with van der Waals surface area (Å²) < 4.78 is 13.1. The van der Waals surface area contributed by atoms with Crippen LogP contribution < -0.4 is 5.32 Å². The van der Waals surface area contributed by atoms with Gasteiger partial charge in [-0.15, -0.1) is 6.58 Å². The molecule has 0 aliphatic rings. The zero-order valence-corrected chi connectivity index (χ0v) is 14.8. The third-order valence-corrected chi connectivity index (χ3v) is 4.05. The van der Waals surface area contributed by atoms with E-state index in [9.17, 15) is 14.0 Å². The van der Waals surface area contributed by atoms with E-state index in [-0.39, 0.29) is 30.6 Å². The summed E-state index contributed by atoms with van der Waals surface area (Å²) in [5.74, 6) is -0.761. The molecule has 1 atom stereocenters. The Hall–Kier alpha value is -2.95. The van der Waals surface area contributed by atoms with Crippen molar-refractivity contribution in [2.75, 3.05) is 6.54 Å². The second kappa shape index (κ2) is 9.51. The van der Waals surface area contributed by atoms with Crippen molar-refractivity contribution >= 4 is 11.8 Å². The molecule has 2 aromatic carbocycles. The van der Waals surface area contributed by atoms with Crippen LogP contribution in [-0.4, -0.2) is 29.3 Å². The highest BCUT2D eigenvalue weighted by Crippen LogP contribution is 2.13. The number of amides is 2. The fourth-order valence-electron chi connectivity index (χ4n) is 2.56. The normalized spacial score (nSPS) is 11.5. The Morgan fingerprint density at radius 1 is 1.12 bits per heavy atom. The molecule has 0 aliphatic carbocycles. The van der Waals surface area contributed by atoms with Gasteiger partial charge in [-0.05, 0) is 30.2 Å². The molecule has 0 fully saturated rings. The van der Waals surface area contributed by atoms with Gasteiger partial charge in [-0.25, -0.2) is 4.39 Å².